The molecule has 0 fully saturated rings. The van der Waals surface area contributed by atoms with Crippen LogP contribution < -0.4 is 19.3 Å². The van der Waals surface area contributed by atoms with Crippen molar-refractivity contribution >= 4 is 17.1 Å². The summed E-state index contributed by atoms with van der Waals surface area (Å²) in [4.78, 5) is 4.78. The summed E-state index contributed by atoms with van der Waals surface area (Å²) < 4.78 is 11.5. The first-order chi connectivity index (χ1) is 13.8. The number of benzene rings is 3. The van der Waals surface area contributed by atoms with Gasteiger partial charge in [-0.1, -0.05) is 36.4 Å². The third-order valence-corrected chi connectivity index (χ3v) is 5.33. The quantitative estimate of drug-likeness (QED) is 0.662. The number of rotatable bonds is 3. The van der Waals surface area contributed by atoms with Crippen molar-refractivity contribution in [1.82, 2.24) is 0 Å². The van der Waals surface area contributed by atoms with Gasteiger partial charge >= 0.3 is 0 Å². The van der Waals surface area contributed by atoms with Crippen LogP contribution in [0.1, 0.15) is 5.56 Å². The molecule has 4 heteroatoms. The monoisotopic (exact) mass is 370 g/mol. The fourth-order valence-corrected chi connectivity index (χ4v) is 3.98. The number of hydrogen-bond acceptors (Lipinski definition) is 4. The first-order valence-electron chi connectivity index (χ1n) is 9.49. The van der Waals surface area contributed by atoms with E-state index in [-0.39, 0.29) is 0 Å². The topological polar surface area (TPSA) is 24.9 Å². The number of nitrogens with zero attached hydrogens (tertiary/aromatic N) is 2. The maximum Gasteiger partial charge on any atom is 0.132 e. The van der Waals surface area contributed by atoms with Gasteiger partial charge in [0.1, 0.15) is 18.1 Å². The lowest BCUT2D eigenvalue weighted by atomic mass is 9.98. The van der Waals surface area contributed by atoms with Crippen molar-refractivity contribution in [3.63, 3.8) is 0 Å². The van der Waals surface area contributed by atoms with Crippen molar-refractivity contribution in [2.24, 2.45) is 0 Å². The van der Waals surface area contributed by atoms with Crippen LogP contribution in [-0.2, 0) is 0 Å². The normalized spacial score (nSPS) is 15.6. The fraction of sp³-hybridized carbons (Fsp3) is 0.167. The highest BCUT2D eigenvalue weighted by molar-refractivity contribution is 5.87. The summed E-state index contributed by atoms with van der Waals surface area (Å²) in [6, 6.07) is 27.2. The van der Waals surface area contributed by atoms with Gasteiger partial charge in [0.25, 0.3) is 0 Å². The highest BCUT2D eigenvalue weighted by Crippen LogP contribution is 2.42. The van der Waals surface area contributed by atoms with Crippen LogP contribution in [0.25, 0.3) is 5.70 Å². The molecule has 2 heterocycles. The predicted molar refractivity (Wildman–Crippen MR) is 113 cm³/mol. The molecule has 0 amide bonds. The van der Waals surface area contributed by atoms with Gasteiger partial charge in [0.2, 0.25) is 0 Å². The lowest BCUT2D eigenvalue weighted by molar-refractivity contribution is 0.336. The van der Waals surface area contributed by atoms with Crippen LogP contribution in [0.15, 0.2) is 84.4 Å². The molecule has 2 aliphatic heterocycles. The number of hydrogen-bond donors (Lipinski definition) is 0. The summed E-state index contributed by atoms with van der Waals surface area (Å²) in [5, 5.41) is 0. The highest BCUT2D eigenvalue weighted by atomic mass is 16.5. The van der Waals surface area contributed by atoms with Crippen LogP contribution >= 0.6 is 0 Å². The summed E-state index contributed by atoms with van der Waals surface area (Å²) in [6.45, 7) is 2.23. The Morgan fingerprint density at radius 2 is 1.57 bits per heavy atom. The van der Waals surface area contributed by atoms with Crippen molar-refractivity contribution < 1.29 is 9.47 Å². The van der Waals surface area contributed by atoms with Crippen LogP contribution in [0.4, 0.5) is 11.4 Å². The van der Waals surface area contributed by atoms with Crippen molar-refractivity contribution in [1.29, 1.82) is 0 Å². The molecule has 0 saturated carbocycles. The minimum Gasteiger partial charge on any atom is -0.497 e. The van der Waals surface area contributed by atoms with E-state index in [9.17, 15) is 0 Å². The summed E-state index contributed by atoms with van der Waals surface area (Å²) >= 11 is 0. The Labute approximate surface area is 165 Å². The van der Waals surface area contributed by atoms with Gasteiger partial charge in [0.05, 0.1) is 19.5 Å². The molecule has 0 unspecified atom stereocenters. The Hall–Kier alpha value is -3.40. The molecule has 0 bridgehead atoms. The average Bonchev–Trinajstić information content (AvgIpc) is 2.79. The van der Waals surface area contributed by atoms with Gasteiger partial charge < -0.3 is 19.3 Å². The second kappa shape index (κ2) is 6.97. The molecule has 0 atom stereocenters. The third kappa shape index (κ3) is 2.87. The van der Waals surface area contributed by atoms with Crippen molar-refractivity contribution in [3.8, 4) is 11.5 Å². The standard InChI is InChI=1S/C24H22N2O2/c1-27-21-12-13-22-23(14-21)28-16-18-15-25(19-8-4-2-5-9-19)17-26(24(18)22)20-10-6-3-7-11-20/h2-14H,15-17H2,1H3. The Balaban J connectivity index is 1.63. The number of ether oxygens (including phenoxy) is 2. The number of methoxy groups -OCH3 is 1. The molecule has 2 aliphatic rings. The van der Waals surface area contributed by atoms with Gasteiger partial charge in [-0.3, -0.25) is 0 Å². The number of anilines is 2. The zero-order valence-corrected chi connectivity index (χ0v) is 15.8. The molecule has 5 rings (SSSR count). The van der Waals surface area contributed by atoms with Crippen LogP contribution in [0.5, 0.6) is 11.5 Å². The Bertz CT molecular complexity index is 1020. The molecular formula is C24H22N2O2. The van der Waals surface area contributed by atoms with E-state index < -0.39 is 0 Å². The lowest BCUT2D eigenvalue weighted by Gasteiger charge is -2.43. The van der Waals surface area contributed by atoms with Gasteiger partial charge in [-0.15, -0.1) is 0 Å². The Morgan fingerprint density at radius 3 is 2.29 bits per heavy atom. The molecule has 3 aromatic rings. The van der Waals surface area contributed by atoms with E-state index in [1.807, 2.05) is 12.1 Å². The minimum atomic E-state index is 0.585. The zero-order chi connectivity index (χ0) is 18.9. The van der Waals surface area contributed by atoms with E-state index >= 15 is 0 Å². The maximum atomic E-state index is 6.11. The van der Waals surface area contributed by atoms with Crippen molar-refractivity contribution in [2.45, 2.75) is 0 Å². The molecule has 0 aliphatic carbocycles. The molecule has 0 radical (unpaired) electrons. The summed E-state index contributed by atoms with van der Waals surface area (Å²) in [5.41, 5.74) is 6.06. The van der Waals surface area contributed by atoms with E-state index in [2.05, 4.69) is 76.5 Å². The van der Waals surface area contributed by atoms with Crippen LogP contribution in [0, 0.1) is 0 Å². The van der Waals surface area contributed by atoms with Crippen LogP contribution in [0.2, 0.25) is 0 Å². The number of para-hydroxylation sites is 2. The van der Waals surface area contributed by atoms with Gasteiger partial charge in [-0.2, -0.15) is 0 Å². The van der Waals surface area contributed by atoms with Crippen molar-refractivity contribution in [3.05, 3.63) is 90.0 Å². The van der Waals surface area contributed by atoms with E-state index in [1.54, 1.807) is 7.11 Å². The smallest absolute Gasteiger partial charge is 0.132 e. The summed E-state index contributed by atoms with van der Waals surface area (Å²) in [7, 11) is 1.68. The van der Waals surface area contributed by atoms with Gasteiger partial charge in [-0.25, -0.2) is 0 Å². The molecule has 0 spiro atoms. The zero-order valence-electron chi connectivity index (χ0n) is 15.8. The molecule has 0 saturated heterocycles. The Kier molecular flexibility index (Phi) is 4.17. The number of fused-ring (bicyclic) bond motifs is 2. The van der Waals surface area contributed by atoms with Crippen molar-refractivity contribution in [2.75, 3.05) is 36.7 Å². The first-order valence-corrected chi connectivity index (χ1v) is 9.49. The molecule has 4 nitrogen and oxygen atoms in total. The second-order valence-corrected chi connectivity index (χ2v) is 7.04. The lowest BCUT2D eigenvalue weighted by Crippen LogP contribution is -2.45. The van der Waals surface area contributed by atoms with E-state index in [1.165, 1.54) is 22.6 Å². The molecule has 140 valence electrons. The average molecular weight is 370 g/mol. The second-order valence-electron chi connectivity index (χ2n) is 7.04. The van der Waals surface area contributed by atoms with E-state index in [0.29, 0.717) is 6.61 Å². The molecular weight excluding hydrogens is 348 g/mol. The summed E-state index contributed by atoms with van der Waals surface area (Å²) in [6.07, 6.45) is 0. The molecule has 0 N–H and O–H groups in total. The predicted octanol–water partition coefficient (Wildman–Crippen LogP) is 4.78. The summed E-state index contributed by atoms with van der Waals surface area (Å²) in [5.74, 6) is 1.70. The van der Waals surface area contributed by atoms with Gasteiger partial charge in [-0.05, 0) is 36.4 Å². The van der Waals surface area contributed by atoms with E-state index in [0.717, 1.165) is 30.3 Å². The van der Waals surface area contributed by atoms with Crippen LogP contribution in [-0.4, -0.2) is 26.9 Å². The SMILES string of the molecule is COc1ccc2c(c1)OCC1=C2N(c2ccccc2)CN(c2ccccc2)C1. The van der Waals surface area contributed by atoms with E-state index in [4.69, 9.17) is 9.47 Å². The Morgan fingerprint density at radius 1 is 0.857 bits per heavy atom. The first kappa shape index (κ1) is 16.8. The molecule has 3 aromatic carbocycles. The highest BCUT2D eigenvalue weighted by Gasteiger charge is 2.32. The van der Waals surface area contributed by atoms with Gasteiger partial charge in [0, 0.05) is 35.1 Å². The molecule has 28 heavy (non-hydrogen) atoms. The maximum absolute atomic E-state index is 6.11. The molecule has 0 aromatic heterocycles. The largest absolute Gasteiger partial charge is 0.497 e. The van der Waals surface area contributed by atoms with Crippen LogP contribution in [0.3, 0.4) is 0 Å². The van der Waals surface area contributed by atoms with Gasteiger partial charge in [0.15, 0.2) is 0 Å². The fourth-order valence-electron chi connectivity index (χ4n) is 3.98. The minimum absolute atomic E-state index is 0.585. The third-order valence-electron chi connectivity index (χ3n) is 5.33.